The molecule has 242 valence electrons. The number of likely N-dealkylation sites (N-methyl/N-ethyl adjacent to an activating group) is 1. The minimum absolute atomic E-state index is 0.196. The molecule has 14 heteroatoms. The first kappa shape index (κ1) is 35.3. The van der Waals surface area contributed by atoms with Crippen LogP contribution in [0.5, 0.6) is 0 Å². The summed E-state index contributed by atoms with van der Waals surface area (Å²) in [6.07, 6.45) is -8.92. The van der Waals surface area contributed by atoms with Gasteiger partial charge in [-0.3, -0.25) is 14.5 Å². The first-order valence-electron chi connectivity index (χ1n) is 14.5. The van der Waals surface area contributed by atoms with Crippen LogP contribution in [0, 0.1) is 22.7 Å². The minimum Gasteiger partial charge on any atom is -0.368 e. The number of nitrogens with zero attached hydrogens (tertiary/aromatic N) is 6. The van der Waals surface area contributed by atoms with Crippen LogP contribution in [0.2, 0.25) is 0 Å². The van der Waals surface area contributed by atoms with Crippen LogP contribution in [0.3, 0.4) is 0 Å². The van der Waals surface area contributed by atoms with Gasteiger partial charge >= 0.3 is 12.4 Å². The number of rotatable bonds is 7. The Kier molecular flexibility index (Phi) is 12.0. The molecule has 0 saturated carbocycles. The van der Waals surface area contributed by atoms with E-state index in [0.717, 1.165) is 57.8 Å². The van der Waals surface area contributed by atoms with E-state index in [-0.39, 0.29) is 11.1 Å². The van der Waals surface area contributed by atoms with Gasteiger partial charge in [0.1, 0.15) is 12.1 Å². The molecule has 2 saturated heterocycles. The van der Waals surface area contributed by atoms with E-state index in [9.17, 15) is 46.5 Å². The van der Waals surface area contributed by atoms with Crippen molar-refractivity contribution in [2.24, 2.45) is 0 Å². The van der Waals surface area contributed by atoms with Crippen molar-refractivity contribution in [2.45, 2.75) is 32.6 Å². The van der Waals surface area contributed by atoms with E-state index in [1.54, 1.807) is 24.3 Å². The van der Waals surface area contributed by atoms with Gasteiger partial charge < -0.3 is 14.7 Å². The SMILES string of the molecule is CCCN1CCN(c2cccc(C(=O)C(F)(F)F)c2C#N)CC1.CCN1CCN(c2cccc(C(=O)C(F)(F)F)c2C#N)CC1. The molecule has 0 aromatic heterocycles. The van der Waals surface area contributed by atoms with Crippen molar-refractivity contribution in [1.82, 2.24) is 9.80 Å². The first-order valence-corrected chi connectivity index (χ1v) is 14.5. The van der Waals surface area contributed by atoms with Crippen molar-refractivity contribution in [3.63, 3.8) is 0 Å². The van der Waals surface area contributed by atoms with E-state index in [2.05, 4.69) is 16.7 Å². The summed E-state index contributed by atoms with van der Waals surface area (Å²) < 4.78 is 76.0. The number of hydrogen-bond donors (Lipinski definition) is 0. The lowest BCUT2D eigenvalue weighted by Crippen LogP contribution is -2.46. The highest BCUT2D eigenvalue weighted by Gasteiger charge is 2.42. The van der Waals surface area contributed by atoms with Gasteiger partial charge in [-0.1, -0.05) is 26.0 Å². The summed E-state index contributed by atoms with van der Waals surface area (Å²) >= 11 is 0. The third kappa shape index (κ3) is 8.74. The normalized spacial score (nSPS) is 16.3. The third-order valence-electron chi connectivity index (χ3n) is 7.73. The number of benzene rings is 2. The molecule has 0 N–H and O–H groups in total. The molecule has 4 rings (SSSR count). The van der Waals surface area contributed by atoms with Crippen LogP contribution >= 0.6 is 0 Å². The van der Waals surface area contributed by atoms with Crippen LogP contribution in [0.1, 0.15) is 52.1 Å². The van der Waals surface area contributed by atoms with Gasteiger partial charge in [-0.05, 0) is 43.8 Å². The highest BCUT2D eigenvalue weighted by Crippen LogP contribution is 2.31. The maximum absolute atomic E-state index is 12.7. The molecule has 0 bridgehead atoms. The zero-order chi connectivity index (χ0) is 33.4. The molecule has 0 amide bonds. The zero-order valence-electron chi connectivity index (χ0n) is 25.0. The van der Waals surface area contributed by atoms with E-state index >= 15 is 0 Å². The van der Waals surface area contributed by atoms with Gasteiger partial charge in [-0.15, -0.1) is 0 Å². The summed E-state index contributed by atoms with van der Waals surface area (Å²) in [6, 6.07) is 11.6. The Morgan fingerprint density at radius 3 is 1.36 bits per heavy atom. The molecule has 0 unspecified atom stereocenters. The first-order chi connectivity index (χ1) is 21.3. The Morgan fingerprint density at radius 2 is 1.04 bits per heavy atom. The number of anilines is 2. The lowest BCUT2D eigenvalue weighted by atomic mass is 10.0. The van der Waals surface area contributed by atoms with Gasteiger partial charge in [0.05, 0.1) is 22.5 Å². The number of hydrogen-bond acceptors (Lipinski definition) is 8. The maximum atomic E-state index is 12.7. The van der Waals surface area contributed by atoms with Crippen LogP contribution in [0.4, 0.5) is 37.7 Å². The van der Waals surface area contributed by atoms with Crippen molar-refractivity contribution in [1.29, 1.82) is 10.5 Å². The lowest BCUT2D eigenvalue weighted by molar-refractivity contribution is -0.0888. The number of ketones is 2. The predicted molar refractivity (Wildman–Crippen MR) is 156 cm³/mol. The lowest BCUT2D eigenvalue weighted by Gasteiger charge is -2.36. The van der Waals surface area contributed by atoms with Crippen molar-refractivity contribution in [2.75, 3.05) is 75.2 Å². The maximum Gasteiger partial charge on any atom is 0.454 e. The zero-order valence-corrected chi connectivity index (χ0v) is 25.0. The fourth-order valence-electron chi connectivity index (χ4n) is 5.36. The standard InChI is InChI=1S/C16H18F3N3O.C15H16F3N3O/c1-2-6-21-7-9-22(10-8-21)14-5-3-4-12(13(14)11-20)15(23)16(17,18)19;1-2-20-6-8-21(9-7-20)13-5-3-4-11(12(13)10-19)14(22)15(16,17)18/h3-5H,2,6-10H2,1H3;3-5H,2,6-9H2,1H3. The molecule has 0 spiro atoms. The molecule has 0 radical (unpaired) electrons. The van der Waals surface area contributed by atoms with E-state index in [0.29, 0.717) is 37.6 Å². The fourth-order valence-corrected chi connectivity index (χ4v) is 5.36. The third-order valence-corrected chi connectivity index (χ3v) is 7.73. The number of alkyl halides is 6. The number of piperazine rings is 2. The van der Waals surface area contributed by atoms with Crippen molar-refractivity contribution >= 4 is 22.9 Å². The van der Waals surface area contributed by atoms with Crippen LogP contribution in [0.15, 0.2) is 36.4 Å². The second kappa shape index (κ2) is 15.2. The Hall–Kier alpha value is -4.14. The van der Waals surface area contributed by atoms with Crippen LogP contribution < -0.4 is 9.80 Å². The summed E-state index contributed by atoms with van der Waals surface area (Å²) in [5.41, 5.74) is -0.750. The summed E-state index contributed by atoms with van der Waals surface area (Å²) in [5, 5.41) is 18.5. The monoisotopic (exact) mass is 636 g/mol. The average molecular weight is 637 g/mol. The van der Waals surface area contributed by atoms with E-state index in [1.807, 2.05) is 16.7 Å². The molecule has 2 aliphatic rings. The van der Waals surface area contributed by atoms with Crippen LogP contribution in [-0.4, -0.2) is 99.2 Å². The van der Waals surface area contributed by atoms with Gasteiger partial charge in [-0.25, -0.2) is 0 Å². The van der Waals surface area contributed by atoms with Gasteiger partial charge in [0, 0.05) is 63.5 Å². The fraction of sp³-hybridized carbons (Fsp3) is 0.484. The molecule has 45 heavy (non-hydrogen) atoms. The Labute approximate surface area is 258 Å². The van der Waals surface area contributed by atoms with Crippen molar-refractivity contribution in [3.05, 3.63) is 58.7 Å². The quantitative estimate of drug-likeness (QED) is 0.300. The Bertz CT molecular complexity index is 1430. The molecule has 0 atom stereocenters. The Morgan fingerprint density at radius 1 is 0.667 bits per heavy atom. The number of carbonyl (C=O) groups is 2. The molecule has 0 aliphatic carbocycles. The topological polar surface area (TPSA) is 94.7 Å². The second-order valence-electron chi connectivity index (χ2n) is 10.5. The van der Waals surface area contributed by atoms with E-state index < -0.39 is 35.0 Å². The van der Waals surface area contributed by atoms with Crippen molar-refractivity contribution in [3.8, 4) is 12.1 Å². The van der Waals surface area contributed by atoms with Crippen LogP contribution in [-0.2, 0) is 0 Å². The van der Waals surface area contributed by atoms with Gasteiger partial charge in [-0.2, -0.15) is 36.9 Å². The van der Waals surface area contributed by atoms with Gasteiger partial charge in [0.2, 0.25) is 0 Å². The Balaban J connectivity index is 0.000000246. The molecule has 2 aromatic rings. The highest BCUT2D eigenvalue weighted by molar-refractivity contribution is 6.04. The summed E-state index contributed by atoms with van der Waals surface area (Å²) in [4.78, 5) is 31.2. The molecule has 2 fully saturated rings. The number of nitriles is 2. The summed E-state index contributed by atoms with van der Waals surface area (Å²) in [7, 11) is 0. The molecule has 8 nitrogen and oxygen atoms in total. The van der Waals surface area contributed by atoms with Gasteiger partial charge in [0.15, 0.2) is 0 Å². The number of carbonyl (C=O) groups excluding carboxylic acids is 2. The average Bonchev–Trinajstić information content (AvgIpc) is 3.03. The molecule has 2 aromatic carbocycles. The number of Topliss-reactive ketones (excluding diaryl/α,β-unsaturated/α-hetero) is 2. The smallest absolute Gasteiger partial charge is 0.368 e. The molecular weight excluding hydrogens is 602 g/mol. The molecule has 2 aliphatic heterocycles. The molecule has 2 heterocycles. The summed E-state index contributed by atoms with van der Waals surface area (Å²) in [6.45, 7) is 11.6. The number of halogens is 6. The molecular formula is C31H34F6N6O2. The second-order valence-corrected chi connectivity index (χ2v) is 10.5. The largest absolute Gasteiger partial charge is 0.454 e. The van der Waals surface area contributed by atoms with Crippen molar-refractivity contribution < 1.29 is 35.9 Å². The summed E-state index contributed by atoms with van der Waals surface area (Å²) in [5.74, 6) is -3.95. The van der Waals surface area contributed by atoms with E-state index in [4.69, 9.17) is 0 Å². The van der Waals surface area contributed by atoms with E-state index in [1.165, 1.54) is 12.1 Å². The predicted octanol–water partition coefficient (Wildman–Crippen LogP) is 5.28. The van der Waals surface area contributed by atoms with Crippen LogP contribution in [0.25, 0.3) is 0 Å². The highest BCUT2D eigenvalue weighted by atomic mass is 19.4. The van der Waals surface area contributed by atoms with Gasteiger partial charge in [0.25, 0.3) is 11.6 Å². The minimum atomic E-state index is -4.98.